The molecule has 0 unspecified atom stereocenters. The van der Waals surface area contributed by atoms with E-state index in [4.69, 9.17) is 10.5 Å². The lowest BCUT2D eigenvalue weighted by Gasteiger charge is -2.09. The molecule has 3 nitrogen and oxygen atoms in total. The Morgan fingerprint density at radius 1 is 1.16 bits per heavy atom. The van der Waals surface area contributed by atoms with Gasteiger partial charge in [-0.15, -0.1) is 0 Å². The third kappa shape index (κ3) is 3.81. The van der Waals surface area contributed by atoms with Gasteiger partial charge in [-0.1, -0.05) is 28.1 Å². The highest BCUT2D eigenvalue weighted by Crippen LogP contribution is 2.27. The first-order valence-electron chi connectivity index (χ1n) is 5.53. The first kappa shape index (κ1) is 14.1. The van der Waals surface area contributed by atoms with Crippen molar-refractivity contribution in [3.63, 3.8) is 0 Å². The first-order valence-corrected chi connectivity index (χ1v) is 7.11. The maximum absolute atomic E-state index is 11.0. The number of rotatable bonds is 4. The first-order chi connectivity index (χ1) is 9.06. The minimum Gasteiger partial charge on any atom is -0.488 e. The summed E-state index contributed by atoms with van der Waals surface area (Å²) in [6.45, 7) is 0.452. The third-order valence-corrected chi connectivity index (χ3v) is 3.61. The molecule has 0 aliphatic rings. The number of hydrogen-bond donors (Lipinski definition) is 1. The summed E-state index contributed by atoms with van der Waals surface area (Å²) in [6.07, 6.45) is 0. The van der Waals surface area contributed by atoms with Crippen LogP contribution in [0, 0.1) is 0 Å². The van der Waals surface area contributed by atoms with Crippen molar-refractivity contribution >= 4 is 37.8 Å². The quantitative estimate of drug-likeness (QED) is 0.869. The number of amides is 1. The highest BCUT2D eigenvalue weighted by Gasteiger charge is 2.06. The molecule has 0 radical (unpaired) electrons. The van der Waals surface area contributed by atoms with Crippen molar-refractivity contribution in [2.24, 2.45) is 5.73 Å². The van der Waals surface area contributed by atoms with Crippen LogP contribution in [0.5, 0.6) is 5.75 Å². The van der Waals surface area contributed by atoms with Gasteiger partial charge in [0.2, 0.25) is 5.91 Å². The van der Waals surface area contributed by atoms with E-state index in [2.05, 4.69) is 31.9 Å². The summed E-state index contributed by atoms with van der Waals surface area (Å²) >= 11 is 6.77. The second-order valence-electron chi connectivity index (χ2n) is 3.93. The molecule has 2 aromatic rings. The van der Waals surface area contributed by atoms with Crippen molar-refractivity contribution in [1.82, 2.24) is 0 Å². The van der Waals surface area contributed by atoms with Crippen LogP contribution in [0.1, 0.15) is 15.9 Å². The van der Waals surface area contributed by atoms with Gasteiger partial charge in [-0.25, -0.2) is 0 Å². The molecular formula is C14H11Br2NO2. The summed E-state index contributed by atoms with van der Waals surface area (Å²) in [5.74, 6) is 0.212. The van der Waals surface area contributed by atoms with E-state index in [0.717, 1.165) is 10.0 Å². The van der Waals surface area contributed by atoms with E-state index in [0.29, 0.717) is 22.4 Å². The molecule has 0 heterocycles. The number of halogens is 2. The van der Waals surface area contributed by atoms with Crippen molar-refractivity contribution in [3.05, 3.63) is 62.5 Å². The monoisotopic (exact) mass is 383 g/mol. The molecule has 0 saturated carbocycles. The highest BCUT2D eigenvalue weighted by atomic mass is 79.9. The third-order valence-electron chi connectivity index (χ3n) is 2.50. The minimum atomic E-state index is -0.459. The highest BCUT2D eigenvalue weighted by molar-refractivity contribution is 9.10. The fraction of sp³-hybridized carbons (Fsp3) is 0.0714. The maximum Gasteiger partial charge on any atom is 0.248 e. The Morgan fingerprint density at radius 3 is 2.58 bits per heavy atom. The number of primary amides is 1. The van der Waals surface area contributed by atoms with Gasteiger partial charge in [0.25, 0.3) is 0 Å². The number of nitrogens with two attached hydrogens (primary N) is 1. The zero-order valence-corrected chi connectivity index (χ0v) is 13.1. The molecule has 5 heteroatoms. The van der Waals surface area contributed by atoms with Gasteiger partial charge in [-0.2, -0.15) is 0 Å². The van der Waals surface area contributed by atoms with Crippen molar-refractivity contribution < 1.29 is 9.53 Å². The second kappa shape index (κ2) is 6.21. The smallest absolute Gasteiger partial charge is 0.248 e. The molecule has 2 N–H and O–H groups in total. The Kier molecular flexibility index (Phi) is 4.61. The van der Waals surface area contributed by atoms with Gasteiger partial charge in [0, 0.05) is 10.0 Å². The Morgan fingerprint density at radius 2 is 1.95 bits per heavy atom. The van der Waals surface area contributed by atoms with Gasteiger partial charge in [0.1, 0.15) is 12.4 Å². The van der Waals surface area contributed by atoms with Crippen LogP contribution in [-0.4, -0.2) is 5.91 Å². The van der Waals surface area contributed by atoms with Crippen LogP contribution < -0.4 is 10.5 Å². The Balaban J connectivity index is 2.10. The molecule has 2 rings (SSSR count). The molecule has 98 valence electrons. The summed E-state index contributed by atoms with van der Waals surface area (Å²) in [4.78, 5) is 11.0. The number of benzene rings is 2. The molecule has 0 aliphatic heterocycles. The Bertz CT molecular complexity index is 614. The summed E-state index contributed by atoms with van der Waals surface area (Å²) in [5, 5.41) is 0. The number of carbonyl (C=O) groups is 1. The molecule has 0 fully saturated rings. The van der Waals surface area contributed by atoms with E-state index in [1.165, 1.54) is 0 Å². The summed E-state index contributed by atoms with van der Waals surface area (Å²) in [6, 6.07) is 12.9. The Hall–Kier alpha value is -1.33. The fourth-order valence-electron chi connectivity index (χ4n) is 1.56. The standard InChI is InChI=1S/C14H11Br2NO2/c15-11-3-1-2-9(6-11)8-19-13-5-4-10(14(17)18)7-12(13)16/h1-7H,8H2,(H2,17,18). The lowest BCUT2D eigenvalue weighted by molar-refractivity contribution is 0.1000. The topological polar surface area (TPSA) is 52.3 Å². The van der Waals surface area contributed by atoms with Gasteiger partial charge in [0.15, 0.2) is 0 Å². The average molecular weight is 385 g/mol. The molecule has 0 aromatic heterocycles. The van der Waals surface area contributed by atoms with Crippen LogP contribution >= 0.6 is 31.9 Å². The summed E-state index contributed by atoms with van der Waals surface area (Å²) < 4.78 is 7.41. The second-order valence-corrected chi connectivity index (χ2v) is 5.70. The van der Waals surface area contributed by atoms with Crippen LogP contribution in [-0.2, 0) is 6.61 Å². The molecule has 0 atom stereocenters. The largest absolute Gasteiger partial charge is 0.488 e. The minimum absolute atomic E-state index is 0.446. The maximum atomic E-state index is 11.0. The molecule has 0 spiro atoms. The molecule has 0 saturated heterocycles. The number of ether oxygens (including phenoxy) is 1. The van der Waals surface area contributed by atoms with Crippen LogP contribution in [0.25, 0.3) is 0 Å². The van der Waals surface area contributed by atoms with Crippen LogP contribution in [0.3, 0.4) is 0 Å². The zero-order chi connectivity index (χ0) is 13.8. The lowest BCUT2D eigenvalue weighted by Crippen LogP contribution is -2.10. The molecular weight excluding hydrogens is 374 g/mol. The van der Waals surface area contributed by atoms with Crippen LogP contribution in [0.4, 0.5) is 0 Å². The molecule has 0 bridgehead atoms. The number of hydrogen-bond acceptors (Lipinski definition) is 2. The molecule has 1 amide bonds. The van der Waals surface area contributed by atoms with Crippen molar-refractivity contribution in [3.8, 4) is 5.75 Å². The van der Waals surface area contributed by atoms with Gasteiger partial charge < -0.3 is 10.5 Å². The molecule has 0 aliphatic carbocycles. The predicted octanol–water partition coefficient (Wildman–Crippen LogP) is 3.89. The van der Waals surface area contributed by atoms with Crippen LogP contribution in [0.2, 0.25) is 0 Å². The van der Waals surface area contributed by atoms with E-state index in [-0.39, 0.29) is 0 Å². The van der Waals surface area contributed by atoms with E-state index in [1.807, 2.05) is 24.3 Å². The van der Waals surface area contributed by atoms with Crippen molar-refractivity contribution in [2.75, 3.05) is 0 Å². The van der Waals surface area contributed by atoms with E-state index in [9.17, 15) is 4.79 Å². The summed E-state index contributed by atoms with van der Waals surface area (Å²) in [5.41, 5.74) is 6.71. The summed E-state index contributed by atoms with van der Waals surface area (Å²) in [7, 11) is 0. The van der Waals surface area contributed by atoms with Gasteiger partial charge in [-0.05, 0) is 51.8 Å². The van der Waals surface area contributed by atoms with E-state index >= 15 is 0 Å². The van der Waals surface area contributed by atoms with Gasteiger partial charge >= 0.3 is 0 Å². The predicted molar refractivity (Wildman–Crippen MR) is 81.1 cm³/mol. The zero-order valence-electron chi connectivity index (χ0n) is 9.90. The van der Waals surface area contributed by atoms with E-state index < -0.39 is 5.91 Å². The SMILES string of the molecule is NC(=O)c1ccc(OCc2cccc(Br)c2)c(Br)c1. The van der Waals surface area contributed by atoms with Gasteiger partial charge in [-0.3, -0.25) is 4.79 Å². The lowest BCUT2D eigenvalue weighted by atomic mass is 10.2. The van der Waals surface area contributed by atoms with Crippen molar-refractivity contribution in [2.45, 2.75) is 6.61 Å². The van der Waals surface area contributed by atoms with Gasteiger partial charge in [0.05, 0.1) is 4.47 Å². The van der Waals surface area contributed by atoms with E-state index in [1.54, 1.807) is 18.2 Å². The van der Waals surface area contributed by atoms with Crippen molar-refractivity contribution in [1.29, 1.82) is 0 Å². The molecule has 19 heavy (non-hydrogen) atoms. The molecule has 2 aromatic carbocycles. The number of carbonyl (C=O) groups excluding carboxylic acids is 1. The fourth-order valence-corrected chi connectivity index (χ4v) is 2.50. The van der Waals surface area contributed by atoms with Crippen LogP contribution in [0.15, 0.2) is 51.4 Å². The Labute approximate surface area is 128 Å². The average Bonchev–Trinajstić information content (AvgIpc) is 2.37. The normalized spacial score (nSPS) is 10.2.